The fourth-order valence-corrected chi connectivity index (χ4v) is 11.5. The third-order valence-electron chi connectivity index (χ3n) is 14.2. The third kappa shape index (κ3) is 22.7. The Kier molecular flexibility index (Phi) is 30.5. The molecule has 0 aliphatic heterocycles. The Morgan fingerprint density at radius 2 is 1.00 bits per heavy atom. The first kappa shape index (κ1) is 76.8. The maximum atomic E-state index is 12.4. The van der Waals surface area contributed by atoms with Crippen molar-refractivity contribution >= 4 is 100 Å². The summed E-state index contributed by atoms with van der Waals surface area (Å²) in [4.78, 5) is 31.2. The molecule has 0 spiro atoms. The molecule has 0 amide bonds. The predicted molar refractivity (Wildman–Crippen MR) is 350 cm³/mol. The fraction of sp³-hybridized carbons (Fsp3) is 0.100. The van der Waals surface area contributed by atoms with E-state index in [0.717, 1.165) is 57.2 Å². The smallest absolute Gasteiger partial charge is 0.744 e. The average Bonchev–Trinajstić information content (AvgIpc) is 0.802. The molecular weight excluding hydrogens is 1320 g/mol. The van der Waals surface area contributed by atoms with Gasteiger partial charge in [0.1, 0.15) is 25.1 Å². The molecule has 0 saturated heterocycles. The van der Waals surface area contributed by atoms with Crippen LogP contribution in [0.25, 0.3) is 0 Å². The van der Waals surface area contributed by atoms with E-state index >= 15 is 0 Å². The number of anilines is 6. The summed E-state index contributed by atoms with van der Waals surface area (Å²) < 4.78 is 97.1. The molecule has 1 unspecified atom stereocenters. The molecule has 0 saturated carbocycles. The molecule has 470 valence electrons. The molecule has 0 aliphatic rings. The average molecular weight is 1380 g/mol. The molecule has 0 aromatic heterocycles. The summed E-state index contributed by atoms with van der Waals surface area (Å²) >= 11 is 12.0. The maximum Gasteiger partial charge on any atom is 1.00 e. The van der Waals surface area contributed by atoms with Gasteiger partial charge in [0.25, 0.3) is 0 Å². The summed E-state index contributed by atoms with van der Waals surface area (Å²) in [6.45, 7) is 6.48. The molecule has 2 N–H and O–H groups in total. The van der Waals surface area contributed by atoms with Crippen LogP contribution >= 0.6 is 23.2 Å². The van der Waals surface area contributed by atoms with Gasteiger partial charge in [-0.1, -0.05) is 89.9 Å². The molecule has 0 aliphatic carbocycles. The minimum absolute atomic E-state index is 0. The number of halogens is 2. The molecular formula is C70H57Cl2N4Na2O13S3-. The number of rotatable bonds is 21. The van der Waals surface area contributed by atoms with Crippen LogP contribution in [-0.2, 0) is 53.5 Å². The van der Waals surface area contributed by atoms with Crippen LogP contribution in [0, 0.1) is 12.0 Å². The molecule has 0 radical (unpaired) electrons. The Hall–Kier alpha value is -7.86. The van der Waals surface area contributed by atoms with Gasteiger partial charge in [-0.25, -0.2) is 16.8 Å². The van der Waals surface area contributed by atoms with Crippen molar-refractivity contribution in [3.05, 3.63) is 315 Å². The van der Waals surface area contributed by atoms with Crippen molar-refractivity contribution in [2.45, 2.75) is 42.6 Å². The van der Waals surface area contributed by atoms with Crippen molar-refractivity contribution in [3.8, 4) is 0 Å². The Labute approximate surface area is 602 Å². The minimum Gasteiger partial charge on any atom is -0.744 e. The van der Waals surface area contributed by atoms with E-state index in [2.05, 4.69) is 83.1 Å². The Morgan fingerprint density at radius 3 is 1.47 bits per heavy atom. The van der Waals surface area contributed by atoms with Gasteiger partial charge in [0.2, 0.25) is 0 Å². The molecule has 10 aromatic rings. The van der Waals surface area contributed by atoms with Crippen molar-refractivity contribution in [2.24, 2.45) is 0 Å². The van der Waals surface area contributed by atoms with E-state index < -0.39 is 36.8 Å². The number of carbonyl (C=O) groups is 1. The summed E-state index contributed by atoms with van der Waals surface area (Å²) in [5.41, 5.74) is 12.2. The number of carboxylic acid groups (broad SMARTS) is 1. The maximum absolute atomic E-state index is 12.4. The zero-order valence-electron chi connectivity index (χ0n) is 51.2. The second kappa shape index (κ2) is 37.3. The van der Waals surface area contributed by atoms with E-state index in [4.69, 9.17) is 45.4 Å². The van der Waals surface area contributed by atoms with Gasteiger partial charge in [0, 0.05) is 75.3 Å². The topological polar surface area (TPSA) is 270 Å². The van der Waals surface area contributed by atoms with Crippen LogP contribution in [0.1, 0.15) is 74.6 Å². The first-order chi connectivity index (χ1) is 44.1. The van der Waals surface area contributed by atoms with Crippen molar-refractivity contribution < 1.29 is 117 Å². The van der Waals surface area contributed by atoms with E-state index in [0.29, 0.717) is 53.0 Å². The van der Waals surface area contributed by atoms with E-state index in [1.165, 1.54) is 35.9 Å². The number of aromatic carboxylic acids is 1. The number of benzene rings is 10. The molecule has 17 nitrogen and oxygen atoms in total. The normalized spacial score (nSPS) is 10.8. The van der Waals surface area contributed by atoms with Gasteiger partial charge in [0.15, 0.2) is 0 Å². The van der Waals surface area contributed by atoms with Gasteiger partial charge >= 0.3 is 75.9 Å². The zero-order chi connectivity index (χ0) is 66.4. The van der Waals surface area contributed by atoms with E-state index in [1.54, 1.807) is 36.4 Å². The number of carboxylic acids is 1. The van der Waals surface area contributed by atoms with E-state index in [9.17, 15) is 35.8 Å². The molecule has 0 heterocycles. The summed E-state index contributed by atoms with van der Waals surface area (Å²) in [5, 5.41) is 18.8. The van der Waals surface area contributed by atoms with E-state index in [-0.39, 0.29) is 91.6 Å². The van der Waals surface area contributed by atoms with Crippen LogP contribution in [0.2, 0.25) is 10.0 Å². The molecule has 0 fully saturated rings. The minimum atomic E-state index is -4.78. The predicted octanol–water partition coefficient (Wildman–Crippen LogP) is 6.81. The van der Waals surface area contributed by atoms with Crippen molar-refractivity contribution in [1.82, 2.24) is 0 Å². The van der Waals surface area contributed by atoms with E-state index in [1.807, 2.05) is 133 Å². The van der Waals surface area contributed by atoms with Gasteiger partial charge in [-0.15, -0.1) is 18.2 Å². The number of nitrogens with one attached hydrogen (secondary N) is 2. The summed E-state index contributed by atoms with van der Waals surface area (Å²) in [5.74, 6) is -0.681. The van der Waals surface area contributed by atoms with Gasteiger partial charge < -0.3 is 39.4 Å². The van der Waals surface area contributed by atoms with Gasteiger partial charge in [0.05, 0.1) is 33.5 Å². The van der Waals surface area contributed by atoms with Crippen molar-refractivity contribution in [1.29, 1.82) is 0 Å². The molecule has 1 atom stereocenters. The molecule has 94 heavy (non-hydrogen) atoms. The van der Waals surface area contributed by atoms with Gasteiger partial charge in [-0.2, -0.15) is 39.9 Å². The first-order valence-corrected chi connectivity index (χ1v) is 32.6. The van der Waals surface area contributed by atoms with Crippen LogP contribution in [0.15, 0.2) is 252 Å². The zero-order valence-corrected chi connectivity index (χ0v) is 59.1. The Balaban J connectivity index is 0.000000309. The van der Waals surface area contributed by atoms with Gasteiger partial charge in [-0.05, 0) is 194 Å². The second-order valence-electron chi connectivity index (χ2n) is 20.1. The van der Waals surface area contributed by atoms with Crippen LogP contribution < -0.4 is 84.7 Å². The molecule has 24 heteroatoms. The fourth-order valence-electron chi connectivity index (χ4n) is 9.95. The summed E-state index contributed by atoms with van der Waals surface area (Å²) in [6.07, 6.45) is 0.250. The van der Waals surface area contributed by atoms with Crippen LogP contribution in [0.3, 0.4) is 0 Å². The summed E-state index contributed by atoms with van der Waals surface area (Å²) in [7, 11) is -12.5. The van der Waals surface area contributed by atoms with Crippen LogP contribution in [0.4, 0.5) is 34.1 Å². The number of hydrogen-bond acceptors (Lipinski definition) is 17. The second-order valence-corrected chi connectivity index (χ2v) is 24.1. The van der Waals surface area contributed by atoms with Crippen molar-refractivity contribution in [2.75, 3.05) is 33.5 Å². The Bertz CT molecular complexity index is 4470. The number of hydrogen-bond donors (Lipinski definition) is 2. The molecule has 0 bridgehead atoms. The van der Waals surface area contributed by atoms with Crippen molar-refractivity contribution in [3.63, 3.8) is 0 Å². The van der Waals surface area contributed by atoms with Crippen LogP contribution in [-0.4, -0.2) is 63.8 Å². The standard InChI is InChI=1S/C37H36N2O6S2.C32H24Cl2N2O2.CO2.2Na.O3S/c1-3-38(26-28-11-6-5-7-12-28)32-21-17-30(18-22-32)37(35-15-8-9-16-36(35)47(43,44)45)31-19-23-33(24-20-31)39(4-2)27-29-13-10-14-34(25-29)46(40,41)42;33-24-10-16-27(17-11-24)35-25-12-6-22(7-13-25)31(21-4-2-1-3-5-21)23-8-14-26(15-9-23)36-28-18-19-30(34)29(20-28)32(37)38;2-1-3;;;1-4(2)3/h5-6,8-25H,3-4,26-27H2,1-2H3,(H,40,41,42)(H,43,44,45);1-20,31,35-36H,(H,37,38);;;;/q;;;2*+1;/p-3. The first-order valence-electron chi connectivity index (χ1n) is 28.0. The van der Waals surface area contributed by atoms with Gasteiger partial charge in [-0.3, -0.25) is 0 Å². The summed E-state index contributed by atoms with van der Waals surface area (Å²) in [6, 6.07) is 77.8. The molecule has 10 rings (SSSR count). The van der Waals surface area contributed by atoms with Crippen LogP contribution in [0.5, 0.6) is 0 Å². The Morgan fingerprint density at radius 1 is 0.553 bits per heavy atom. The SMILES string of the molecule is CCN(Cc1c[c-]ccc1)c1ccc([C+](c2ccc(N(CC)Cc3cccc(S(=O)(=O)[O-])c3)cc2)c2ccccc2S(=O)(=O)[O-])cc1.O=C([O-])c1cc(Nc2ccc(C(c3ccccc3)c3ccc(Nc4ccc(Cl)cc4)cc3)cc2)ccc1Cl.O=C=O.O=S(=O)=O.[Na+].[Na+]. The third-order valence-corrected chi connectivity index (χ3v) is 16.5. The quantitative estimate of drug-likeness (QED) is 0.0324. The number of carbonyl (C=O) groups excluding carboxylic acids is 3. The largest absolute Gasteiger partial charge is 1.00 e. The number of nitrogens with zero attached hydrogens (tertiary/aromatic N) is 2. The monoisotopic (exact) mass is 1370 g/mol. The molecule has 10 aromatic carbocycles.